The van der Waals surface area contributed by atoms with Crippen LogP contribution in [0.2, 0.25) is 0 Å². The van der Waals surface area contributed by atoms with Crippen molar-refractivity contribution >= 4 is 46.9 Å². The third-order valence-electron chi connectivity index (χ3n) is 1.86. The van der Waals surface area contributed by atoms with Gasteiger partial charge in [-0.2, -0.15) is 0 Å². The van der Waals surface area contributed by atoms with Gasteiger partial charge in [-0.1, -0.05) is 0 Å². The molecule has 7 nitrogen and oxygen atoms in total. The summed E-state index contributed by atoms with van der Waals surface area (Å²) in [6.07, 6.45) is 0.0779. The Morgan fingerprint density at radius 2 is 1.65 bits per heavy atom. The molecule has 0 fully saturated rings. The van der Waals surface area contributed by atoms with E-state index in [1.54, 1.807) is 6.07 Å². The average molecular weight is 322 g/mol. The Bertz CT molecular complexity index is 401. The molecule has 1 rings (SSSR count). The van der Waals surface area contributed by atoms with Gasteiger partial charge in [0.1, 0.15) is 19.0 Å². The molecule has 0 aromatic carbocycles. The van der Waals surface area contributed by atoms with Gasteiger partial charge in [-0.05, 0) is 12.1 Å². The first-order valence-electron chi connectivity index (χ1n) is 5.61. The lowest BCUT2D eigenvalue weighted by Gasteiger charge is -2.07. The van der Waals surface area contributed by atoms with Gasteiger partial charge in [-0.15, -0.1) is 23.2 Å². The molecule has 9 heteroatoms. The van der Waals surface area contributed by atoms with E-state index in [1.807, 2.05) is 0 Å². The smallest absolute Gasteiger partial charge is 0.412 e. The highest BCUT2D eigenvalue weighted by atomic mass is 35.5. The lowest BCUT2D eigenvalue weighted by Crippen LogP contribution is -2.17. The first-order valence-corrected chi connectivity index (χ1v) is 6.68. The summed E-state index contributed by atoms with van der Waals surface area (Å²) in [7, 11) is 0. The zero-order chi connectivity index (χ0) is 14.8. The number of nitrogens with zero attached hydrogens (tertiary/aromatic N) is 1. The lowest BCUT2D eigenvalue weighted by molar-refractivity contribution is 0.167. The number of rotatable bonds is 6. The number of aromatic nitrogens is 1. The van der Waals surface area contributed by atoms with Crippen LogP contribution in [-0.2, 0) is 9.47 Å². The third-order valence-corrected chi connectivity index (χ3v) is 2.17. The summed E-state index contributed by atoms with van der Waals surface area (Å²) in [5.74, 6) is 0.719. The van der Waals surface area contributed by atoms with Crippen LogP contribution >= 0.6 is 23.2 Å². The average Bonchev–Trinajstić information content (AvgIpc) is 2.45. The number of carbonyl (C=O) groups excluding carboxylic acids is 2. The van der Waals surface area contributed by atoms with E-state index >= 15 is 0 Å². The summed E-state index contributed by atoms with van der Waals surface area (Å²) in [6, 6.07) is 3.05. The SMILES string of the molecule is O=C(Nc1ccc(NC(=O)OCCCl)nc1)OCCCl. The van der Waals surface area contributed by atoms with Crippen LogP contribution < -0.4 is 10.6 Å². The van der Waals surface area contributed by atoms with Crippen molar-refractivity contribution in [2.75, 3.05) is 35.6 Å². The summed E-state index contributed by atoms with van der Waals surface area (Å²) in [5.41, 5.74) is 0.421. The van der Waals surface area contributed by atoms with Crippen LogP contribution in [0.4, 0.5) is 21.1 Å². The summed E-state index contributed by atoms with van der Waals surface area (Å²) >= 11 is 10.7. The molecule has 0 saturated carbocycles. The van der Waals surface area contributed by atoms with Crippen molar-refractivity contribution in [1.82, 2.24) is 4.98 Å². The number of carbonyl (C=O) groups is 2. The Labute approximate surface area is 125 Å². The molecule has 1 aromatic heterocycles. The van der Waals surface area contributed by atoms with Gasteiger partial charge in [0, 0.05) is 0 Å². The van der Waals surface area contributed by atoms with Crippen LogP contribution in [0.1, 0.15) is 0 Å². The topological polar surface area (TPSA) is 89.6 Å². The highest BCUT2D eigenvalue weighted by Crippen LogP contribution is 2.10. The van der Waals surface area contributed by atoms with Gasteiger partial charge in [0.2, 0.25) is 0 Å². The van der Waals surface area contributed by atoms with E-state index in [9.17, 15) is 9.59 Å². The molecule has 0 aliphatic rings. The van der Waals surface area contributed by atoms with E-state index in [0.29, 0.717) is 5.69 Å². The predicted octanol–water partition coefficient (Wildman–Crippen LogP) is 2.66. The monoisotopic (exact) mass is 321 g/mol. The molecule has 0 unspecified atom stereocenters. The molecule has 2 amide bonds. The molecule has 0 aliphatic heterocycles. The molecule has 0 bridgehead atoms. The molecule has 110 valence electrons. The number of halogens is 2. The Morgan fingerprint density at radius 1 is 1.05 bits per heavy atom. The highest BCUT2D eigenvalue weighted by molar-refractivity contribution is 6.18. The number of anilines is 2. The van der Waals surface area contributed by atoms with E-state index in [2.05, 4.69) is 15.6 Å². The molecule has 0 radical (unpaired) electrons. The molecule has 2 N–H and O–H groups in total. The Kier molecular flexibility index (Phi) is 7.52. The van der Waals surface area contributed by atoms with Crippen LogP contribution in [0, 0.1) is 0 Å². The number of hydrogen-bond donors (Lipinski definition) is 2. The largest absolute Gasteiger partial charge is 0.448 e. The van der Waals surface area contributed by atoms with Crippen LogP contribution in [0.5, 0.6) is 0 Å². The van der Waals surface area contributed by atoms with Crippen molar-refractivity contribution in [1.29, 1.82) is 0 Å². The normalized spacial score (nSPS) is 9.70. The molecule has 0 saturated heterocycles. The molecule has 1 aromatic rings. The Hall–Kier alpha value is -1.73. The number of pyridine rings is 1. The fraction of sp³-hybridized carbons (Fsp3) is 0.364. The summed E-state index contributed by atoms with van der Waals surface area (Å²) < 4.78 is 9.43. The van der Waals surface area contributed by atoms with Crippen LogP contribution in [0.25, 0.3) is 0 Å². The van der Waals surface area contributed by atoms with Gasteiger partial charge in [-0.3, -0.25) is 10.6 Å². The second kappa shape index (κ2) is 9.22. The first kappa shape index (κ1) is 16.3. The van der Waals surface area contributed by atoms with Crippen LogP contribution in [0.3, 0.4) is 0 Å². The van der Waals surface area contributed by atoms with E-state index in [4.69, 9.17) is 32.7 Å². The van der Waals surface area contributed by atoms with Crippen molar-refractivity contribution in [3.8, 4) is 0 Å². The lowest BCUT2D eigenvalue weighted by atomic mass is 10.4. The predicted molar refractivity (Wildman–Crippen MR) is 75.6 cm³/mol. The maximum atomic E-state index is 11.2. The zero-order valence-corrected chi connectivity index (χ0v) is 11.9. The molecule has 0 atom stereocenters. The molecular formula is C11H13Cl2N3O4. The van der Waals surface area contributed by atoms with Crippen molar-refractivity contribution in [2.45, 2.75) is 0 Å². The highest BCUT2D eigenvalue weighted by Gasteiger charge is 2.06. The zero-order valence-electron chi connectivity index (χ0n) is 10.4. The summed E-state index contributed by atoms with van der Waals surface area (Å²) in [5, 5.41) is 4.85. The van der Waals surface area contributed by atoms with Crippen LogP contribution in [-0.4, -0.2) is 42.1 Å². The number of ether oxygens (including phenoxy) is 2. The second-order valence-electron chi connectivity index (χ2n) is 3.33. The number of hydrogen-bond acceptors (Lipinski definition) is 5. The molecule has 20 heavy (non-hydrogen) atoms. The minimum atomic E-state index is -0.652. The van der Waals surface area contributed by atoms with Crippen molar-refractivity contribution < 1.29 is 19.1 Å². The quantitative estimate of drug-likeness (QED) is 0.786. The Morgan fingerprint density at radius 3 is 2.15 bits per heavy atom. The van der Waals surface area contributed by atoms with Crippen molar-refractivity contribution in [2.24, 2.45) is 0 Å². The van der Waals surface area contributed by atoms with Crippen LogP contribution in [0.15, 0.2) is 18.3 Å². The van der Waals surface area contributed by atoms with E-state index < -0.39 is 12.2 Å². The third kappa shape index (κ3) is 6.44. The maximum absolute atomic E-state index is 11.2. The van der Waals surface area contributed by atoms with E-state index in [0.717, 1.165) is 0 Å². The fourth-order valence-electron chi connectivity index (χ4n) is 1.10. The van der Waals surface area contributed by atoms with Gasteiger partial charge in [0.25, 0.3) is 0 Å². The first-order chi connectivity index (χ1) is 9.65. The summed E-state index contributed by atoms with van der Waals surface area (Å²) in [6.45, 7) is 0.228. The number of amides is 2. The maximum Gasteiger partial charge on any atom is 0.412 e. The van der Waals surface area contributed by atoms with Gasteiger partial charge >= 0.3 is 12.2 Å². The minimum absolute atomic E-state index is 0.111. The van der Waals surface area contributed by atoms with Gasteiger partial charge in [0.15, 0.2) is 0 Å². The molecule has 1 heterocycles. The summed E-state index contributed by atoms with van der Waals surface area (Å²) in [4.78, 5) is 26.4. The Balaban J connectivity index is 2.43. The van der Waals surface area contributed by atoms with Gasteiger partial charge < -0.3 is 9.47 Å². The van der Waals surface area contributed by atoms with Gasteiger partial charge in [0.05, 0.1) is 23.6 Å². The van der Waals surface area contributed by atoms with Gasteiger partial charge in [-0.25, -0.2) is 14.6 Å². The fourth-order valence-corrected chi connectivity index (χ4v) is 1.25. The van der Waals surface area contributed by atoms with E-state index in [-0.39, 0.29) is 30.8 Å². The molecule has 0 aliphatic carbocycles. The minimum Gasteiger partial charge on any atom is -0.448 e. The molecule has 0 spiro atoms. The second-order valence-corrected chi connectivity index (χ2v) is 4.09. The van der Waals surface area contributed by atoms with Crippen molar-refractivity contribution in [3.05, 3.63) is 18.3 Å². The number of nitrogens with one attached hydrogen (secondary N) is 2. The van der Waals surface area contributed by atoms with E-state index in [1.165, 1.54) is 12.3 Å². The van der Waals surface area contributed by atoms with Crippen molar-refractivity contribution in [3.63, 3.8) is 0 Å². The standard InChI is InChI=1S/C11H13Cl2N3O4/c12-3-5-19-10(17)15-8-1-2-9(14-7-8)16-11(18)20-6-4-13/h1-2,7H,3-6H2,(H,15,17)(H,14,16,18). The molecular weight excluding hydrogens is 309 g/mol. The number of alkyl halides is 2.